The van der Waals surface area contributed by atoms with E-state index < -0.39 is 0 Å². The van der Waals surface area contributed by atoms with Crippen LogP contribution in [0.5, 0.6) is 0 Å². The van der Waals surface area contributed by atoms with Crippen LogP contribution in [0.3, 0.4) is 0 Å². The Bertz CT molecular complexity index is 1150. The van der Waals surface area contributed by atoms with Gasteiger partial charge in [-0.25, -0.2) is 9.97 Å². The predicted octanol–water partition coefficient (Wildman–Crippen LogP) is 4.97. The molecule has 0 spiro atoms. The van der Waals surface area contributed by atoms with E-state index in [1.165, 1.54) is 11.8 Å². The molecule has 1 amide bonds. The molecule has 2 aromatic heterocycles. The lowest BCUT2D eigenvalue weighted by atomic mass is 10.1. The summed E-state index contributed by atoms with van der Waals surface area (Å²) in [5.41, 5.74) is 4.44. The van der Waals surface area contributed by atoms with E-state index in [-0.39, 0.29) is 12.3 Å². The SMILES string of the molecule is Cc1cc(C)nc(Sc2ccc(NC(=O)Cc3cccc4cccnc34)cc2)n1. The summed E-state index contributed by atoms with van der Waals surface area (Å²) in [5.74, 6) is -0.0683. The monoisotopic (exact) mass is 400 g/mol. The molecule has 0 radical (unpaired) electrons. The number of hydrogen-bond acceptors (Lipinski definition) is 5. The Morgan fingerprint density at radius 2 is 1.69 bits per heavy atom. The number of carbonyl (C=O) groups excluding carboxylic acids is 1. The van der Waals surface area contributed by atoms with Crippen molar-refractivity contribution in [3.63, 3.8) is 0 Å². The molecule has 0 saturated carbocycles. The van der Waals surface area contributed by atoms with Crippen molar-refractivity contribution in [1.82, 2.24) is 15.0 Å². The molecule has 2 heterocycles. The molecular weight excluding hydrogens is 380 g/mol. The number of fused-ring (bicyclic) bond motifs is 1. The number of amides is 1. The summed E-state index contributed by atoms with van der Waals surface area (Å²) in [7, 11) is 0. The minimum absolute atomic E-state index is 0.0683. The Kier molecular flexibility index (Phi) is 5.53. The van der Waals surface area contributed by atoms with Crippen LogP contribution in [0.1, 0.15) is 17.0 Å². The smallest absolute Gasteiger partial charge is 0.228 e. The van der Waals surface area contributed by atoms with E-state index in [4.69, 9.17) is 0 Å². The number of pyridine rings is 1. The molecule has 4 aromatic rings. The van der Waals surface area contributed by atoms with Crippen molar-refractivity contribution in [2.24, 2.45) is 0 Å². The van der Waals surface area contributed by atoms with Crippen LogP contribution in [0.4, 0.5) is 5.69 Å². The van der Waals surface area contributed by atoms with E-state index in [0.717, 1.165) is 43.6 Å². The van der Waals surface area contributed by atoms with Crippen LogP contribution in [0.2, 0.25) is 0 Å². The Balaban J connectivity index is 1.42. The molecule has 0 aliphatic rings. The van der Waals surface area contributed by atoms with Crippen molar-refractivity contribution in [3.05, 3.63) is 83.8 Å². The fourth-order valence-corrected chi connectivity index (χ4v) is 4.00. The summed E-state index contributed by atoms with van der Waals surface area (Å²) < 4.78 is 0. The number of rotatable bonds is 5. The number of carbonyl (C=O) groups is 1. The van der Waals surface area contributed by atoms with Gasteiger partial charge >= 0.3 is 0 Å². The van der Waals surface area contributed by atoms with Gasteiger partial charge in [0.25, 0.3) is 0 Å². The molecular formula is C23H20N4OS. The Hall–Kier alpha value is -3.25. The second kappa shape index (κ2) is 8.41. The highest BCUT2D eigenvalue weighted by Crippen LogP contribution is 2.26. The van der Waals surface area contributed by atoms with Gasteiger partial charge in [0.2, 0.25) is 5.91 Å². The lowest BCUT2D eigenvalue weighted by Gasteiger charge is -2.08. The summed E-state index contributed by atoms with van der Waals surface area (Å²) in [4.78, 5) is 26.8. The van der Waals surface area contributed by atoms with Crippen LogP contribution >= 0.6 is 11.8 Å². The number of aryl methyl sites for hydroxylation is 2. The second-order valence-electron chi connectivity index (χ2n) is 6.78. The Morgan fingerprint density at radius 1 is 0.966 bits per heavy atom. The van der Waals surface area contributed by atoms with Gasteiger partial charge in [-0.3, -0.25) is 9.78 Å². The van der Waals surface area contributed by atoms with E-state index in [1.807, 2.05) is 74.5 Å². The van der Waals surface area contributed by atoms with Crippen molar-refractivity contribution in [3.8, 4) is 0 Å². The van der Waals surface area contributed by atoms with Crippen LogP contribution in [0, 0.1) is 13.8 Å². The molecule has 0 bridgehead atoms. The van der Waals surface area contributed by atoms with Gasteiger partial charge in [0.15, 0.2) is 5.16 Å². The molecule has 0 aliphatic heterocycles. The molecule has 144 valence electrons. The number of para-hydroxylation sites is 1. The third kappa shape index (κ3) is 4.78. The largest absolute Gasteiger partial charge is 0.326 e. The zero-order valence-corrected chi connectivity index (χ0v) is 17.0. The highest BCUT2D eigenvalue weighted by molar-refractivity contribution is 7.99. The summed E-state index contributed by atoms with van der Waals surface area (Å²) in [6.07, 6.45) is 2.03. The first-order valence-electron chi connectivity index (χ1n) is 9.29. The summed E-state index contributed by atoms with van der Waals surface area (Å²) in [6.45, 7) is 3.92. The maximum atomic E-state index is 12.5. The standard InChI is InChI=1S/C23H20N4OS/c1-15-13-16(2)26-23(25-15)29-20-10-8-19(9-11-20)27-21(28)14-18-6-3-5-17-7-4-12-24-22(17)18/h3-13H,14H2,1-2H3,(H,27,28). The Morgan fingerprint density at radius 3 is 2.45 bits per heavy atom. The second-order valence-corrected chi connectivity index (χ2v) is 7.82. The van der Waals surface area contributed by atoms with E-state index in [1.54, 1.807) is 6.20 Å². The van der Waals surface area contributed by atoms with Gasteiger partial charge in [0.05, 0.1) is 11.9 Å². The summed E-state index contributed by atoms with van der Waals surface area (Å²) in [5, 5.41) is 4.72. The molecule has 2 aromatic carbocycles. The van der Waals surface area contributed by atoms with E-state index in [2.05, 4.69) is 20.3 Å². The predicted molar refractivity (Wildman–Crippen MR) is 116 cm³/mol. The first-order chi connectivity index (χ1) is 14.1. The highest BCUT2D eigenvalue weighted by atomic mass is 32.2. The zero-order chi connectivity index (χ0) is 20.2. The van der Waals surface area contributed by atoms with Crippen LogP contribution in [0.25, 0.3) is 10.9 Å². The van der Waals surface area contributed by atoms with Crippen molar-refractivity contribution >= 4 is 34.3 Å². The quantitative estimate of drug-likeness (QED) is 0.479. The van der Waals surface area contributed by atoms with Gasteiger partial charge in [-0.15, -0.1) is 0 Å². The van der Waals surface area contributed by atoms with Crippen molar-refractivity contribution < 1.29 is 4.79 Å². The van der Waals surface area contributed by atoms with E-state index >= 15 is 0 Å². The average molecular weight is 401 g/mol. The van der Waals surface area contributed by atoms with Gasteiger partial charge < -0.3 is 5.32 Å². The lowest BCUT2D eigenvalue weighted by Crippen LogP contribution is -2.14. The average Bonchev–Trinajstić information content (AvgIpc) is 2.69. The van der Waals surface area contributed by atoms with Crippen LogP contribution in [-0.4, -0.2) is 20.9 Å². The molecule has 0 saturated heterocycles. The first-order valence-corrected chi connectivity index (χ1v) is 10.1. The maximum Gasteiger partial charge on any atom is 0.228 e. The summed E-state index contributed by atoms with van der Waals surface area (Å²) in [6, 6.07) is 19.4. The third-order valence-corrected chi connectivity index (χ3v) is 5.25. The molecule has 4 rings (SSSR count). The van der Waals surface area contributed by atoms with Crippen molar-refractivity contribution in [2.75, 3.05) is 5.32 Å². The lowest BCUT2D eigenvalue weighted by molar-refractivity contribution is -0.115. The summed E-state index contributed by atoms with van der Waals surface area (Å²) >= 11 is 1.50. The molecule has 1 N–H and O–H groups in total. The molecule has 5 nitrogen and oxygen atoms in total. The Labute approximate surface area is 173 Å². The van der Waals surface area contributed by atoms with Gasteiger partial charge in [-0.2, -0.15) is 0 Å². The topological polar surface area (TPSA) is 67.8 Å². The van der Waals surface area contributed by atoms with Crippen LogP contribution < -0.4 is 5.32 Å². The molecule has 0 unspecified atom stereocenters. The van der Waals surface area contributed by atoms with Crippen molar-refractivity contribution in [1.29, 1.82) is 0 Å². The fraction of sp³-hybridized carbons (Fsp3) is 0.130. The van der Waals surface area contributed by atoms with Crippen molar-refractivity contribution in [2.45, 2.75) is 30.3 Å². The number of nitrogens with one attached hydrogen (secondary N) is 1. The van der Waals surface area contributed by atoms with Gasteiger partial charge in [-0.1, -0.05) is 24.3 Å². The van der Waals surface area contributed by atoms with Gasteiger partial charge in [0, 0.05) is 33.6 Å². The number of aromatic nitrogens is 3. The minimum Gasteiger partial charge on any atom is -0.326 e. The molecule has 29 heavy (non-hydrogen) atoms. The molecule has 0 aliphatic carbocycles. The highest BCUT2D eigenvalue weighted by Gasteiger charge is 2.09. The third-order valence-electron chi connectivity index (χ3n) is 4.38. The normalized spacial score (nSPS) is 10.8. The number of benzene rings is 2. The fourth-order valence-electron chi connectivity index (χ4n) is 3.14. The number of anilines is 1. The van der Waals surface area contributed by atoms with Gasteiger partial charge in [0.1, 0.15) is 0 Å². The zero-order valence-electron chi connectivity index (χ0n) is 16.2. The molecule has 0 atom stereocenters. The number of hydrogen-bond donors (Lipinski definition) is 1. The van der Waals surface area contributed by atoms with E-state index in [0.29, 0.717) is 0 Å². The van der Waals surface area contributed by atoms with Crippen LogP contribution in [0.15, 0.2) is 76.9 Å². The number of nitrogens with zero attached hydrogens (tertiary/aromatic N) is 3. The van der Waals surface area contributed by atoms with Crippen LogP contribution in [-0.2, 0) is 11.2 Å². The molecule has 0 fully saturated rings. The molecule has 6 heteroatoms. The minimum atomic E-state index is -0.0683. The van der Waals surface area contributed by atoms with E-state index in [9.17, 15) is 4.79 Å². The van der Waals surface area contributed by atoms with Gasteiger partial charge in [-0.05, 0) is 67.6 Å². The maximum absolute atomic E-state index is 12.5. The first kappa shape index (κ1) is 19.1.